The first kappa shape index (κ1) is 22.3. The number of hydrogen-bond acceptors (Lipinski definition) is 6. The van der Waals surface area contributed by atoms with E-state index in [4.69, 9.17) is 9.26 Å². The van der Waals surface area contributed by atoms with Gasteiger partial charge in [-0.25, -0.2) is 0 Å². The summed E-state index contributed by atoms with van der Waals surface area (Å²) < 4.78 is 11.3. The normalized spacial score (nSPS) is 20.9. The molecule has 1 fully saturated rings. The first-order valence-electron chi connectivity index (χ1n) is 11.5. The maximum absolute atomic E-state index is 13.2. The van der Waals surface area contributed by atoms with Crippen molar-refractivity contribution in [2.75, 3.05) is 20.2 Å². The van der Waals surface area contributed by atoms with Crippen LogP contribution in [0.4, 0.5) is 0 Å². The molecule has 1 aromatic carbocycles. The predicted molar refractivity (Wildman–Crippen MR) is 124 cm³/mol. The molecular weight excluding hydrogens is 432 g/mol. The van der Waals surface area contributed by atoms with Gasteiger partial charge in [0.15, 0.2) is 0 Å². The molecule has 0 radical (unpaired) electrons. The van der Waals surface area contributed by atoms with E-state index in [1.165, 1.54) is 5.56 Å². The van der Waals surface area contributed by atoms with E-state index in [1.54, 1.807) is 45.4 Å². The first-order valence-corrected chi connectivity index (χ1v) is 11.5. The van der Waals surface area contributed by atoms with Crippen molar-refractivity contribution in [2.45, 2.75) is 44.2 Å². The fraction of sp³-hybridized carbons (Fsp3) is 0.385. The number of likely N-dealkylation sites (tertiary alicyclic amines) is 1. The minimum atomic E-state index is -0.305. The number of pyridine rings is 1. The maximum Gasteiger partial charge on any atom is 0.270 e. The number of nitrogens with zero attached hydrogens (tertiary/aromatic N) is 3. The lowest BCUT2D eigenvalue weighted by Crippen LogP contribution is -2.51. The SMILES string of the molecule is CO[C@@H]1[C@@H](NC(=O)c2ccccn2)c2ccccc2C12CCN(C(=O)c1c(C)noc1C)CC2. The Morgan fingerprint density at radius 1 is 1.12 bits per heavy atom. The molecule has 1 saturated heterocycles. The topological polar surface area (TPSA) is 97.6 Å². The average Bonchev–Trinajstić information content (AvgIpc) is 3.33. The molecule has 1 aliphatic heterocycles. The molecule has 1 spiro atoms. The average molecular weight is 461 g/mol. The van der Waals surface area contributed by atoms with Crippen LogP contribution in [0.15, 0.2) is 53.2 Å². The summed E-state index contributed by atoms with van der Waals surface area (Å²) in [6.07, 6.45) is 2.81. The van der Waals surface area contributed by atoms with E-state index in [1.807, 2.05) is 17.0 Å². The minimum Gasteiger partial charge on any atom is -0.378 e. The van der Waals surface area contributed by atoms with Crippen molar-refractivity contribution >= 4 is 11.8 Å². The molecule has 34 heavy (non-hydrogen) atoms. The summed E-state index contributed by atoms with van der Waals surface area (Å²) in [7, 11) is 1.69. The molecule has 0 bridgehead atoms. The Morgan fingerprint density at radius 2 is 1.85 bits per heavy atom. The molecule has 3 aromatic rings. The van der Waals surface area contributed by atoms with E-state index in [9.17, 15) is 9.59 Å². The van der Waals surface area contributed by atoms with Gasteiger partial charge in [0.25, 0.3) is 11.8 Å². The summed E-state index contributed by atoms with van der Waals surface area (Å²) in [6, 6.07) is 13.2. The van der Waals surface area contributed by atoms with E-state index in [2.05, 4.69) is 27.6 Å². The Labute approximate surface area is 198 Å². The van der Waals surface area contributed by atoms with Crippen molar-refractivity contribution in [3.63, 3.8) is 0 Å². The molecule has 0 saturated carbocycles. The number of carbonyl (C=O) groups is 2. The van der Waals surface area contributed by atoms with Gasteiger partial charge in [-0.05, 0) is 49.9 Å². The van der Waals surface area contributed by atoms with Gasteiger partial charge in [0.05, 0.1) is 17.8 Å². The predicted octanol–water partition coefficient (Wildman–Crippen LogP) is 3.36. The Bertz CT molecular complexity index is 1200. The smallest absolute Gasteiger partial charge is 0.270 e. The van der Waals surface area contributed by atoms with E-state index >= 15 is 0 Å². The van der Waals surface area contributed by atoms with Gasteiger partial charge in [-0.2, -0.15) is 0 Å². The zero-order valence-corrected chi connectivity index (χ0v) is 19.6. The van der Waals surface area contributed by atoms with E-state index in [0.717, 1.165) is 18.4 Å². The first-order chi connectivity index (χ1) is 16.5. The van der Waals surface area contributed by atoms with Crippen LogP contribution >= 0.6 is 0 Å². The lowest BCUT2D eigenvalue weighted by molar-refractivity contribution is -0.00935. The second kappa shape index (κ2) is 8.68. The molecule has 1 aliphatic carbocycles. The highest BCUT2D eigenvalue weighted by Gasteiger charge is 2.54. The number of aryl methyl sites for hydroxylation is 2. The molecule has 8 nitrogen and oxygen atoms in total. The van der Waals surface area contributed by atoms with Crippen molar-refractivity contribution in [1.82, 2.24) is 20.4 Å². The number of piperidine rings is 1. The highest BCUT2D eigenvalue weighted by Crippen LogP contribution is 2.52. The van der Waals surface area contributed by atoms with Crippen LogP contribution in [0, 0.1) is 13.8 Å². The van der Waals surface area contributed by atoms with E-state index in [-0.39, 0.29) is 29.4 Å². The third-order valence-electron chi connectivity index (χ3n) is 7.31. The quantitative estimate of drug-likeness (QED) is 0.641. The van der Waals surface area contributed by atoms with Crippen LogP contribution in [0.2, 0.25) is 0 Å². The summed E-state index contributed by atoms with van der Waals surface area (Å²) in [4.78, 5) is 32.2. The van der Waals surface area contributed by atoms with Crippen LogP contribution in [0.25, 0.3) is 0 Å². The fourth-order valence-electron chi connectivity index (χ4n) is 5.69. The Hall–Kier alpha value is -3.52. The number of carbonyl (C=O) groups excluding carboxylic acids is 2. The molecule has 2 amide bonds. The molecule has 2 aliphatic rings. The van der Waals surface area contributed by atoms with Gasteiger partial charge in [0.1, 0.15) is 17.0 Å². The van der Waals surface area contributed by atoms with Crippen LogP contribution in [0.1, 0.15) is 62.3 Å². The second-order valence-electron chi connectivity index (χ2n) is 9.06. The van der Waals surface area contributed by atoms with E-state index in [0.29, 0.717) is 35.8 Å². The van der Waals surface area contributed by atoms with Gasteiger partial charge in [-0.15, -0.1) is 0 Å². The van der Waals surface area contributed by atoms with Crippen molar-refractivity contribution in [3.05, 3.63) is 82.5 Å². The van der Waals surface area contributed by atoms with Crippen molar-refractivity contribution < 1.29 is 18.8 Å². The van der Waals surface area contributed by atoms with Crippen LogP contribution in [-0.2, 0) is 10.2 Å². The Morgan fingerprint density at radius 3 is 2.50 bits per heavy atom. The van der Waals surface area contributed by atoms with Crippen LogP contribution in [-0.4, -0.2) is 53.2 Å². The molecule has 2 atom stereocenters. The maximum atomic E-state index is 13.2. The highest BCUT2D eigenvalue weighted by atomic mass is 16.5. The number of fused-ring (bicyclic) bond motifs is 2. The molecule has 2 aromatic heterocycles. The summed E-state index contributed by atoms with van der Waals surface area (Å²) in [5, 5.41) is 7.10. The summed E-state index contributed by atoms with van der Waals surface area (Å²) in [6.45, 7) is 4.72. The zero-order chi connectivity index (χ0) is 23.9. The van der Waals surface area contributed by atoms with Crippen LogP contribution < -0.4 is 5.32 Å². The number of aromatic nitrogens is 2. The minimum absolute atomic E-state index is 0.0497. The van der Waals surface area contributed by atoms with E-state index < -0.39 is 0 Å². The Kier molecular flexibility index (Phi) is 5.69. The lowest BCUT2D eigenvalue weighted by atomic mass is 9.71. The summed E-state index contributed by atoms with van der Waals surface area (Å²) in [5.41, 5.74) is 3.47. The number of amides is 2. The molecule has 1 N–H and O–H groups in total. The van der Waals surface area contributed by atoms with Gasteiger partial charge >= 0.3 is 0 Å². The molecule has 0 unspecified atom stereocenters. The number of ether oxygens (including phenoxy) is 1. The van der Waals surface area contributed by atoms with Crippen molar-refractivity contribution in [3.8, 4) is 0 Å². The summed E-state index contributed by atoms with van der Waals surface area (Å²) >= 11 is 0. The van der Waals surface area contributed by atoms with Gasteiger partial charge in [0.2, 0.25) is 0 Å². The number of methoxy groups -OCH3 is 1. The van der Waals surface area contributed by atoms with Crippen molar-refractivity contribution in [1.29, 1.82) is 0 Å². The number of nitrogens with one attached hydrogen (secondary N) is 1. The standard InChI is InChI=1S/C26H28N4O4/c1-16-21(17(2)34-29-16)25(32)30-14-11-26(12-15-30)19-9-5-4-8-18(19)22(23(26)33-3)28-24(31)20-10-6-7-13-27-20/h4-10,13,22-23H,11-12,14-15H2,1-3H3,(H,28,31)/t22-,23+/m0/s1. The van der Waals surface area contributed by atoms with Crippen molar-refractivity contribution in [2.24, 2.45) is 0 Å². The number of benzene rings is 1. The second-order valence-corrected chi connectivity index (χ2v) is 9.06. The third kappa shape index (κ3) is 3.49. The highest BCUT2D eigenvalue weighted by molar-refractivity contribution is 5.96. The molecule has 176 valence electrons. The number of hydrogen-bond donors (Lipinski definition) is 1. The number of rotatable bonds is 4. The van der Waals surface area contributed by atoms with Gasteiger partial charge in [-0.3, -0.25) is 14.6 Å². The van der Waals surface area contributed by atoms with Crippen LogP contribution in [0.5, 0.6) is 0 Å². The largest absolute Gasteiger partial charge is 0.378 e. The Balaban J connectivity index is 1.42. The van der Waals surface area contributed by atoms with Gasteiger partial charge < -0.3 is 19.5 Å². The van der Waals surface area contributed by atoms with Gasteiger partial charge in [-0.1, -0.05) is 35.5 Å². The summed E-state index contributed by atoms with van der Waals surface area (Å²) in [5.74, 6) is 0.262. The molecule has 3 heterocycles. The van der Waals surface area contributed by atoms with Crippen LogP contribution in [0.3, 0.4) is 0 Å². The molecule has 5 rings (SSSR count). The zero-order valence-electron chi connectivity index (χ0n) is 19.6. The fourth-order valence-corrected chi connectivity index (χ4v) is 5.69. The molecular formula is C26H28N4O4. The van der Waals surface area contributed by atoms with Gasteiger partial charge in [0, 0.05) is 31.8 Å². The lowest BCUT2D eigenvalue weighted by Gasteiger charge is -2.44. The monoisotopic (exact) mass is 460 g/mol. The third-order valence-corrected chi connectivity index (χ3v) is 7.31. The molecule has 8 heteroatoms.